The van der Waals surface area contributed by atoms with Gasteiger partial charge in [0.2, 0.25) is 0 Å². The van der Waals surface area contributed by atoms with Crippen molar-refractivity contribution in [1.29, 1.82) is 0 Å². The van der Waals surface area contributed by atoms with Crippen LogP contribution in [0.1, 0.15) is 12.5 Å². The molecule has 3 aromatic rings. The summed E-state index contributed by atoms with van der Waals surface area (Å²) in [6.45, 7) is 3.35. The van der Waals surface area contributed by atoms with E-state index in [2.05, 4.69) is 0 Å². The van der Waals surface area contributed by atoms with Crippen LogP contribution in [0.5, 0.6) is 5.75 Å². The molecule has 1 aromatic heterocycles. The van der Waals surface area contributed by atoms with E-state index in [0.29, 0.717) is 32.9 Å². The van der Waals surface area contributed by atoms with Crippen LogP contribution in [0.25, 0.3) is 22.1 Å². The molecule has 0 fully saturated rings. The lowest BCUT2D eigenvalue weighted by molar-refractivity contribution is -0.133. The molecule has 0 saturated heterocycles. The minimum Gasteiger partial charge on any atom is -0.425 e. The molecule has 25 heavy (non-hydrogen) atoms. The number of esters is 1. The first kappa shape index (κ1) is 17.5. The predicted molar refractivity (Wildman–Crippen MR) is 98.6 cm³/mol. The van der Waals surface area contributed by atoms with E-state index in [9.17, 15) is 9.59 Å². The van der Waals surface area contributed by atoms with E-state index in [1.807, 2.05) is 6.92 Å². The molecule has 0 spiro atoms. The van der Waals surface area contributed by atoms with Gasteiger partial charge in [-0.1, -0.05) is 23.7 Å². The number of benzene rings is 2. The maximum absolute atomic E-state index is 12.4. The lowest BCUT2D eigenvalue weighted by atomic mass is 9.99. The van der Waals surface area contributed by atoms with Gasteiger partial charge < -0.3 is 9.15 Å². The molecule has 128 valence electrons. The molecule has 0 aliphatic rings. The quantitative estimate of drug-likeness (QED) is 0.280. The Bertz CT molecular complexity index is 1000. The summed E-state index contributed by atoms with van der Waals surface area (Å²) in [6.07, 6.45) is 0. The number of halogens is 2. The number of carbonyl (C=O) groups excluding carboxylic acids is 1. The molecular formula is C19H14Cl2O4. The number of aryl methyl sites for hydroxylation is 1. The fourth-order valence-corrected chi connectivity index (χ4v) is 2.71. The van der Waals surface area contributed by atoms with Gasteiger partial charge in [-0.05, 0) is 55.3 Å². The van der Waals surface area contributed by atoms with E-state index in [1.54, 1.807) is 42.5 Å². The number of rotatable bonds is 3. The Labute approximate surface area is 153 Å². The monoisotopic (exact) mass is 376 g/mol. The molecule has 3 rings (SSSR count). The molecule has 1 atom stereocenters. The second-order valence-electron chi connectivity index (χ2n) is 5.59. The molecule has 0 bridgehead atoms. The number of hydrogen-bond donors (Lipinski definition) is 0. The van der Waals surface area contributed by atoms with Crippen LogP contribution in [0.3, 0.4) is 0 Å². The molecule has 0 N–H and O–H groups in total. The van der Waals surface area contributed by atoms with Crippen molar-refractivity contribution in [3.8, 4) is 16.9 Å². The summed E-state index contributed by atoms with van der Waals surface area (Å²) in [7, 11) is 0. The van der Waals surface area contributed by atoms with Crippen molar-refractivity contribution in [1.82, 2.24) is 0 Å². The van der Waals surface area contributed by atoms with Crippen molar-refractivity contribution < 1.29 is 13.9 Å². The van der Waals surface area contributed by atoms with Crippen LogP contribution in [0.15, 0.2) is 51.7 Å². The van der Waals surface area contributed by atoms with Gasteiger partial charge in [-0.3, -0.25) is 4.79 Å². The molecule has 0 aliphatic carbocycles. The Balaban J connectivity index is 2.15. The van der Waals surface area contributed by atoms with Gasteiger partial charge in [0.15, 0.2) is 0 Å². The van der Waals surface area contributed by atoms with Crippen LogP contribution in [0.4, 0.5) is 0 Å². The molecular weight excluding hydrogens is 363 g/mol. The van der Waals surface area contributed by atoms with Gasteiger partial charge >= 0.3 is 11.6 Å². The third kappa shape index (κ3) is 3.55. The first-order valence-electron chi connectivity index (χ1n) is 7.56. The number of hydrogen-bond acceptors (Lipinski definition) is 4. The molecule has 0 saturated carbocycles. The van der Waals surface area contributed by atoms with Crippen LogP contribution in [-0.4, -0.2) is 11.3 Å². The molecule has 0 aliphatic heterocycles. The maximum atomic E-state index is 12.4. The molecule has 4 nitrogen and oxygen atoms in total. The highest BCUT2D eigenvalue weighted by atomic mass is 35.5. The Morgan fingerprint density at radius 3 is 2.48 bits per heavy atom. The SMILES string of the molecule is Cc1c(-c2ccc(Cl)cc2)c(=O)oc2ccc(OC(=O)C(C)Cl)cc12. The number of ether oxygens (including phenoxy) is 1. The highest BCUT2D eigenvalue weighted by Crippen LogP contribution is 2.30. The minimum atomic E-state index is -0.755. The average molecular weight is 377 g/mol. The zero-order chi connectivity index (χ0) is 18.1. The van der Waals surface area contributed by atoms with E-state index < -0.39 is 17.0 Å². The van der Waals surface area contributed by atoms with E-state index in [-0.39, 0.29) is 0 Å². The van der Waals surface area contributed by atoms with Crippen molar-refractivity contribution in [2.45, 2.75) is 19.2 Å². The zero-order valence-corrected chi connectivity index (χ0v) is 15.0. The zero-order valence-electron chi connectivity index (χ0n) is 13.5. The summed E-state index contributed by atoms with van der Waals surface area (Å²) < 4.78 is 10.6. The second kappa shape index (κ2) is 6.90. The summed E-state index contributed by atoms with van der Waals surface area (Å²) >= 11 is 11.6. The normalized spacial score (nSPS) is 12.2. The molecule has 6 heteroatoms. The molecule has 0 radical (unpaired) electrons. The number of carbonyl (C=O) groups is 1. The molecule has 1 unspecified atom stereocenters. The van der Waals surface area contributed by atoms with Gasteiger partial charge in [-0.25, -0.2) is 4.79 Å². The van der Waals surface area contributed by atoms with Gasteiger partial charge in [0.05, 0.1) is 5.56 Å². The smallest absolute Gasteiger partial charge is 0.344 e. The average Bonchev–Trinajstić information content (AvgIpc) is 2.57. The summed E-state index contributed by atoms with van der Waals surface area (Å²) in [6, 6.07) is 11.7. The third-order valence-electron chi connectivity index (χ3n) is 3.81. The predicted octanol–water partition coefficient (Wildman–Crippen LogP) is 4.95. The first-order valence-corrected chi connectivity index (χ1v) is 8.37. The number of fused-ring (bicyclic) bond motifs is 1. The second-order valence-corrected chi connectivity index (χ2v) is 6.68. The van der Waals surface area contributed by atoms with Gasteiger partial charge in [0.1, 0.15) is 16.7 Å². The standard InChI is InChI=1S/C19H14Cl2O4/c1-10-15-9-14(24-18(22)11(2)20)7-8-16(15)25-19(23)17(10)12-3-5-13(21)6-4-12/h3-9,11H,1-2H3. The molecule has 2 aromatic carbocycles. The van der Waals surface area contributed by atoms with E-state index in [1.165, 1.54) is 6.92 Å². The Hall–Kier alpha value is -2.30. The highest BCUT2D eigenvalue weighted by molar-refractivity contribution is 6.30. The van der Waals surface area contributed by atoms with Crippen LogP contribution in [0, 0.1) is 6.92 Å². The topological polar surface area (TPSA) is 56.5 Å². The highest BCUT2D eigenvalue weighted by Gasteiger charge is 2.16. The van der Waals surface area contributed by atoms with Gasteiger partial charge in [0, 0.05) is 10.4 Å². The summed E-state index contributed by atoms with van der Waals surface area (Å²) in [5.74, 6) is -0.210. The van der Waals surface area contributed by atoms with E-state index in [4.69, 9.17) is 32.4 Å². The maximum Gasteiger partial charge on any atom is 0.344 e. The van der Waals surface area contributed by atoms with Crippen LogP contribution in [0.2, 0.25) is 5.02 Å². The van der Waals surface area contributed by atoms with Crippen molar-refractivity contribution in [2.75, 3.05) is 0 Å². The summed E-state index contributed by atoms with van der Waals surface area (Å²) in [5.41, 5.74) is 1.85. The number of alkyl halides is 1. The summed E-state index contributed by atoms with van der Waals surface area (Å²) in [5, 5.41) is 0.503. The Kier molecular flexibility index (Phi) is 4.84. The first-order chi connectivity index (χ1) is 11.9. The van der Waals surface area contributed by atoms with Crippen LogP contribution < -0.4 is 10.4 Å². The largest absolute Gasteiger partial charge is 0.425 e. The van der Waals surface area contributed by atoms with Crippen LogP contribution >= 0.6 is 23.2 Å². The Morgan fingerprint density at radius 1 is 1.16 bits per heavy atom. The lowest BCUT2D eigenvalue weighted by Gasteiger charge is -2.10. The van der Waals surface area contributed by atoms with Gasteiger partial charge in [-0.2, -0.15) is 0 Å². The van der Waals surface area contributed by atoms with Crippen LogP contribution in [-0.2, 0) is 4.79 Å². The minimum absolute atomic E-state index is 0.337. The fourth-order valence-electron chi connectivity index (χ4n) is 2.54. The van der Waals surface area contributed by atoms with Crippen molar-refractivity contribution >= 4 is 40.1 Å². The van der Waals surface area contributed by atoms with Gasteiger partial charge in [-0.15, -0.1) is 11.6 Å². The van der Waals surface area contributed by atoms with Gasteiger partial charge in [0.25, 0.3) is 0 Å². The van der Waals surface area contributed by atoms with Crippen molar-refractivity contribution in [2.24, 2.45) is 0 Å². The van der Waals surface area contributed by atoms with E-state index >= 15 is 0 Å². The van der Waals surface area contributed by atoms with E-state index in [0.717, 1.165) is 5.56 Å². The molecule has 1 heterocycles. The lowest BCUT2D eigenvalue weighted by Crippen LogP contribution is -2.17. The third-order valence-corrected chi connectivity index (χ3v) is 4.24. The van der Waals surface area contributed by atoms with Crippen molar-refractivity contribution in [3.63, 3.8) is 0 Å². The summed E-state index contributed by atoms with van der Waals surface area (Å²) in [4.78, 5) is 24.1. The van der Waals surface area contributed by atoms with Crippen molar-refractivity contribution in [3.05, 3.63) is 63.5 Å². The molecule has 0 amide bonds. The Morgan fingerprint density at radius 2 is 1.84 bits per heavy atom. The fraction of sp³-hybridized carbons (Fsp3) is 0.158.